The first kappa shape index (κ1) is 8.42. The summed E-state index contributed by atoms with van der Waals surface area (Å²) in [5, 5.41) is 0. The van der Waals surface area contributed by atoms with E-state index >= 15 is 0 Å². The minimum absolute atomic E-state index is 0.0540. The quantitative estimate of drug-likeness (QED) is 0.434. The van der Waals surface area contributed by atoms with Gasteiger partial charge >= 0.3 is 0 Å². The van der Waals surface area contributed by atoms with E-state index in [1.54, 1.807) is 0 Å². The van der Waals surface area contributed by atoms with E-state index in [4.69, 9.17) is 5.84 Å². The van der Waals surface area contributed by atoms with E-state index in [2.05, 4.69) is 21.4 Å². The third-order valence-electron chi connectivity index (χ3n) is 1.17. The molecule has 0 aromatic heterocycles. The Kier molecular flexibility index (Phi) is 2.41. The molecule has 3 N–H and O–H groups in total. The molecule has 1 rings (SSSR count). The van der Waals surface area contributed by atoms with Gasteiger partial charge in [0.1, 0.15) is 5.82 Å². The normalized spacial score (nSPS) is 9.82. The smallest absolute Gasteiger partial charge is 0.150 e. The molecular weight excluding hydrogens is 218 g/mol. The average Bonchev–Trinajstić information content (AvgIpc) is 1.97. The number of nitrogens with one attached hydrogen (secondary N) is 1. The van der Waals surface area contributed by atoms with E-state index in [0.717, 1.165) is 6.07 Å². The van der Waals surface area contributed by atoms with Crippen LogP contribution >= 0.6 is 15.9 Å². The van der Waals surface area contributed by atoms with Crippen molar-refractivity contribution >= 4 is 21.6 Å². The molecule has 0 heterocycles. The highest BCUT2D eigenvalue weighted by atomic mass is 79.9. The van der Waals surface area contributed by atoms with Crippen LogP contribution in [-0.4, -0.2) is 0 Å². The predicted molar refractivity (Wildman–Crippen MR) is 41.9 cm³/mol. The molecule has 0 fully saturated rings. The molecule has 0 aliphatic carbocycles. The van der Waals surface area contributed by atoms with Crippen molar-refractivity contribution in [1.82, 2.24) is 0 Å². The second-order valence-electron chi connectivity index (χ2n) is 1.89. The number of nitrogens with two attached hydrogens (primary N) is 1. The fourth-order valence-electron chi connectivity index (χ4n) is 0.633. The van der Waals surface area contributed by atoms with Gasteiger partial charge in [-0.3, -0.25) is 5.84 Å². The van der Waals surface area contributed by atoms with Crippen LogP contribution in [-0.2, 0) is 0 Å². The molecule has 5 heteroatoms. The van der Waals surface area contributed by atoms with Crippen LogP contribution in [0.15, 0.2) is 16.6 Å². The molecule has 0 amide bonds. The Labute approximate surface area is 70.5 Å². The number of anilines is 1. The first-order valence-electron chi connectivity index (χ1n) is 2.76. The van der Waals surface area contributed by atoms with Crippen molar-refractivity contribution < 1.29 is 8.78 Å². The fraction of sp³-hybridized carbons (Fsp3) is 0. The number of hydrogen-bond acceptors (Lipinski definition) is 2. The molecule has 0 saturated heterocycles. The van der Waals surface area contributed by atoms with E-state index < -0.39 is 11.6 Å². The molecule has 0 radical (unpaired) electrons. The van der Waals surface area contributed by atoms with Gasteiger partial charge in [0.25, 0.3) is 0 Å². The number of halogens is 3. The zero-order valence-corrected chi connectivity index (χ0v) is 6.95. The molecule has 0 atom stereocenters. The van der Waals surface area contributed by atoms with Crippen molar-refractivity contribution in [1.29, 1.82) is 0 Å². The van der Waals surface area contributed by atoms with E-state index in [9.17, 15) is 8.78 Å². The number of nitrogen functional groups attached to an aromatic ring is 1. The van der Waals surface area contributed by atoms with Crippen LogP contribution in [0.25, 0.3) is 0 Å². The standard InChI is InChI=1S/C6H5BrF2N2/c7-3-1-6(11-10)5(9)2-4(3)8/h1-2,11H,10H2. The van der Waals surface area contributed by atoms with Crippen molar-refractivity contribution in [3.05, 3.63) is 28.2 Å². The van der Waals surface area contributed by atoms with Crippen LogP contribution < -0.4 is 11.3 Å². The van der Waals surface area contributed by atoms with Gasteiger partial charge < -0.3 is 5.43 Å². The Hall–Kier alpha value is -0.680. The molecule has 0 saturated carbocycles. The summed E-state index contributed by atoms with van der Waals surface area (Å²) in [6.45, 7) is 0. The van der Waals surface area contributed by atoms with Crippen LogP contribution in [0.4, 0.5) is 14.5 Å². The third kappa shape index (κ3) is 1.66. The van der Waals surface area contributed by atoms with Crippen LogP contribution in [0.5, 0.6) is 0 Å². The SMILES string of the molecule is NNc1cc(Br)c(F)cc1F. The molecule has 60 valence electrons. The van der Waals surface area contributed by atoms with Crippen molar-refractivity contribution in [3.63, 3.8) is 0 Å². The van der Waals surface area contributed by atoms with Gasteiger partial charge in [0.05, 0.1) is 10.2 Å². The minimum Gasteiger partial charge on any atom is -0.321 e. The fourth-order valence-corrected chi connectivity index (χ4v) is 0.977. The molecule has 0 spiro atoms. The molecular formula is C6H5BrF2N2. The Morgan fingerprint density at radius 1 is 1.27 bits per heavy atom. The summed E-state index contributed by atoms with van der Waals surface area (Å²) in [5.74, 6) is 3.57. The van der Waals surface area contributed by atoms with E-state index in [1.165, 1.54) is 6.07 Å². The zero-order valence-electron chi connectivity index (χ0n) is 5.37. The molecule has 1 aromatic rings. The van der Waals surface area contributed by atoms with Crippen molar-refractivity contribution in [2.75, 3.05) is 5.43 Å². The van der Waals surface area contributed by atoms with Crippen LogP contribution in [0.1, 0.15) is 0 Å². The first-order chi connectivity index (χ1) is 5.15. The summed E-state index contributed by atoms with van der Waals surface area (Å²) in [4.78, 5) is 0. The summed E-state index contributed by atoms with van der Waals surface area (Å²) in [6.07, 6.45) is 0. The summed E-state index contributed by atoms with van der Waals surface area (Å²) in [5.41, 5.74) is 2.15. The minimum atomic E-state index is -0.715. The Bertz CT molecular complexity index is 278. The Morgan fingerprint density at radius 2 is 1.91 bits per heavy atom. The molecule has 1 aromatic carbocycles. The topological polar surface area (TPSA) is 38.0 Å². The van der Waals surface area contributed by atoms with Crippen LogP contribution in [0.3, 0.4) is 0 Å². The maximum absolute atomic E-state index is 12.6. The maximum Gasteiger partial charge on any atom is 0.150 e. The van der Waals surface area contributed by atoms with Crippen LogP contribution in [0.2, 0.25) is 0 Å². The molecule has 0 aliphatic rings. The number of hydrogen-bond donors (Lipinski definition) is 2. The summed E-state index contributed by atoms with van der Waals surface area (Å²) >= 11 is 2.88. The molecule has 2 nitrogen and oxygen atoms in total. The van der Waals surface area contributed by atoms with Crippen LogP contribution in [0, 0.1) is 11.6 Å². The number of benzene rings is 1. The van der Waals surface area contributed by atoms with Gasteiger partial charge in [0.2, 0.25) is 0 Å². The first-order valence-corrected chi connectivity index (χ1v) is 3.55. The van der Waals surface area contributed by atoms with Gasteiger partial charge in [-0.2, -0.15) is 0 Å². The molecule has 0 bridgehead atoms. The lowest BCUT2D eigenvalue weighted by Crippen LogP contribution is -2.08. The predicted octanol–water partition coefficient (Wildman–Crippen LogP) is 2.01. The largest absolute Gasteiger partial charge is 0.321 e. The van der Waals surface area contributed by atoms with Gasteiger partial charge in [-0.1, -0.05) is 0 Å². The second-order valence-corrected chi connectivity index (χ2v) is 2.74. The van der Waals surface area contributed by atoms with Gasteiger partial charge in [-0.15, -0.1) is 0 Å². The molecule has 11 heavy (non-hydrogen) atoms. The third-order valence-corrected chi connectivity index (χ3v) is 1.77. The lowest BCUT2D eigenvalue weighted by molar-refractivity contribution is 0.581. The summed E-state index contributed by atoms with van der Waals surface area (Å²) in [6, 6.07) is 1.98. The van der Waals surface area contributed by atoms with E-state index in [-0.39, 0.29) is 10.2 Å². The highest BCUT2D eigenvalue weighted by Crippen LogP contribution is 2.22. The lowest BCUT2D eigenvalue weighted by Gasteiger charge is -2.02. The highest BCUT2D eigenvalue weighted by molar-refractivity contribution is 9.10. The Balaban J connectivity index is 3.21. The average molecular weight is 223 g/mol. The van der Waals surface area contributed by atoms with Crippen molar-refractivity contribution in [3.8, 4) is 0 Å². The highest BCUT2D eigenvalue weighted by Gasteiger charge is 2.05. The van der Waals surface area contributed by atoms with E-state index in [0.29, 0.717) is 0 Å². The monoisotopic (exact) mass is 222 g/mol. The second kappa shape index (κ2) is 3.15. The number of rotatable bonds is 1. The van der Waals surface area contributed by atoms with Gasteiger partial charge in [0, 0.05) is 6.07 Å². The molecule has 0 unspecified atom stereocenters. The lowest BCUT2D eigenvalue weighted by atomic mass is 10.3. The summed E-state index contributed by atoms with van der Waals surface area (Å²) in [7, 11) is 0. The maximum atomic E-state index is 12.6. The Morgan fingerprint density at radius 3 is 2.45 bits per heavy atom. The van der Waals surface area contributed by atoms with Crippen molar-refractivity contribution in [2.45, 2.75) is 0 Å². The zero-order chi connectivity index (χ0) is 8.43. The van der Waals surface area contributed by atoms with Gasteiger partial charge in [-0.05, 0) is 22.0 Å². The molecule has 0 aliphatic heterocycles. The van der Waals surface area contributed by atoms with Crippen molar-refractivity contribution in [2.24, 2.45) is 5.84 Å². The van der Waals surface area contributed by atoms with E-state index in [1.807, 2.05) is 0 Å². The van der Waals surface area contributed by atoms with Gasteiger partial charge in [-0.25, -0.2) is 8.78 Å². The summed E-state index contributed by atoms with van der Waals surface area (Å²) < 4.78 is 25.3. The number of hydrazine groups is 1. The van der Waals surface area contributed by atoms with Gasteiger partial charge in [0.15, 0.2) is 5.82 Å².